The monoisotopic (exact) mass is 238 g/mol. The van der Waals surface area contributed by atoms with E-state index in [1.807, 2.05) is 18.2 Å². The number of hydrogen-bond acceptors (Lipinski definition) is 4. The maximum Gasteiger partial charge on any atom is 0.134 e. The minimum Gasteiger partial charge on any atom is -0.506 e. The summed E-state index contributed by atoms with van der Waals surface area (Å²) >= 11 is 0. The summed E-state index contributed by atoms with van der Waals surface area (Å²) in [5, 5.41) is 16.5. The summed E-state index contributed by atoms with van der Waals surface area (Å²) in [6, 6.07) is 7.33. The molecule has 5 nitrogen and oxygen atoms in total. The number of nitrogens with zero attached hydrogens (tertiary/aromatic N) is 3. The fraction of sp³-hybridized carbons (Fsp3) is 0. The topological polar surface area (TPSA) is 74.7 Å². The Kier molecular flexibility index (Phi) is 2.49. The molecule has 0 amide bonds. The second kappa shape index (κ2) is 4.29. The molecule has 0 aliphatic carbocycles. The number of aromatic amines is 1. The van der Waals surface area contributed by atoms with E-state index in [1.165, 1.54) is 6.20 Å². The van der Waals surface area contributed by atoms with Crippen molar-refractivity contribution < 1.29 is 5.11 Å². The van der Waals surface area contributed by atoms with Gasteiger partial charge >= 0.3 is 0 Å². The van der Waals surface area contributed by atoms with Gasteiger partial charge in [-0.15, -0.1) is 0 Å². The number of pyridine rings is 2. The molecule has 18 heavy (non-hydrogen) atoms. The van der Waals surface area contributed by atoms with Crippen molar-refractivity contribution in [1.82, 2.24) is 20.2 Å². The van der Waals surface area contributed by atoms with Gasteiger partial charge in [0, 0.05) is 29.7 Å². The fourth-order valence-electron chi connectivity index (χ4n) is 1.71. The average Bonchev–Trinajstić information content (AvgIpc) is 2.89. The van der Waals surface area contributed by atoms with Crippen molar-refractivity contribution >= 4 is 0 Å². The Morgan fingerprint density at radius 2 is 1.89 bits per heavy atom. The Hall–Kier alpha value is -2.69. The SMILES string of the molecule is Oc1cncc(-c2cc(-c3cccnc3)[nH]n2)c1. The summed E-state index contributed by atoms with van der Waals surface area (Å²) < 4.78 is 0. The van der Waals surface area contributed by atoms with E-state index in [9.17, 15) is 5.11 Å². The van der Waals surface area contributed by atoms with Crippen molar-refractivity contribution in [3.63, 3.8) is 0 Å². The molecule has 0 saturated carbocycles. The lowest BCUT2D eigenvalue weighted by Gasteiger charge is -1.95. The average molecular weight is 238 g/mol. The van der Waals surface area contributed by atoms with Crippen LogP contribution < -0.4 is 0 Å². The van der Waals surface area contributed by atoms with E-state index in [4.69, 9.17) is 0 Å². The Balaban J connectivity index is 2.00. The van der Waals surface area contributed by atoms with Crippen LogP contribution in [0.5, 0.6) is 5.75 Å². The lowest BCUT2D eigenvalue weighted by molar-refractivity contribution is 0.473. The first-order chi connectivity index (χ1) is 8.83. The predicted octanol–water partition coefficient (Wildman–Crippen LogP) is 2.24. The van der Waals surface area contributed by atoms with E-state index in [0.29, 0.717) is 0 Å². The van der Waals surface area contributed by atoms with Crippen molar-refractivity contribution in [2.45, 2.75) is 0 Å². The van der Waals surface area contributed by atoms with Gasteiger partial charge in [-0.1, -0.05) is 0 Å². The first-order valence-electron chi connectivity index (χ1n) is 5.43. The smallest absolute Gasteiger partial charge is 0.134 e. The van der Waals surface area contributed by atoms with Crippen LogP contribution in [-0.2, 0) is 0 Å². The number of rotatable bonds is 2. The Morgan fingerprint density at radius 1 is 1.00 bits per heavy atom. The van der Waals surface area contributed by atoms with E-state index in [1.54, 1.807) is 24.7 Å². The summed E-state index contributed by atoms with van der Waals surface area (Å²) in [4.78, 5) is 7.98. The molecule has 0 spiro atoms. The third kappa shape index (κ3) is 1.93. The van der Waals surface area contributed by atoms with Gasteiger partial charge in [-0.2, -0.15) is 5.10 Å². The van der Waals surface area contributed by atoms with Gasteiger partial charge in [0.05, 0.1) is 17.6 Å². The predicted molar refractivity (Wildman–Crippen MR) is 66.7 cm³/mol. The molecular weight excluding hydrogens is 228 g/mol. The van der Waals surface area contributed by atoms with Crippen LogP contribution in [0.15, 0.2) is 49.1 Å². The number of nitrogens with one attached hydrogen (secondary N) is 1. The Morgan fingerprint density at radius 3 is 2.67 bits per heavy atom. The van der Waals surface area contributed by atoms with E-state index >= 15 is 0 Å². The highest BCUT2D eigenvalue weighted by molar-refractivity contribution is 5.67. The van der Waals surface area contributed by atoms with Crippen LogP contribution in [0.2, 0.25) is 0 Å². The van der Waals surface area contributed by atoms with Crippen molar-refractivity contribution in [3.8, 4) is 28.3 Å². The molecule has 0 saturated heterocycles. The highest BCUT2D eigenvalue weighted by Gasteiger charge is 2.06. The third-order valence-electron chi connectivity index (χ3n) is 2.57. The van der Waals surface area contributed by atoms with Crippen molar-refractivity contribution in [3.05, 3.63) is 49.1 Å². The molecule has 88 valence electrons. The van der Waals surface area contributed by atoms with Gasteiger partial charge in [0.25, 0.3) is 0 Å². The highest BCUT2D eigenvalue weighted by atomic mass is 16.3. The Labute approximate surface area is 103 Å². The number of hydrogen-bond donors (Lipinski definition) is 2. The van der Waals surface area contributed by atoms with Gasteiger partial charge in [-0.25, -0.2) is 0 Å². The van der Waals surface area contributed by atoms with Crippen molar-refractivity contribution in [1.29, 1.82) is 0 Å². The standard InChI is InChI=1S/C13H10N4O/c18-11-4-10(7-15-8-11)13-5-12(16-17-13)9-2-1-3-14-6-9/h1-8,18H,(H,16,17). The van der Waals surface area contributed by atoms with Gasteiger partial charge in [-0.3, -0.25) is 15.1 Å². The van der Waals surface area contributed by atoms with Gasteiger partial charge in [-0.05, 0) is 24.3 Å². The van der Waals surface area contributed by atoms with E-state index in [2.05, 4.69) is 20.2 Å². The zero-order valence-electron chi connectivity index (χ0n) is 9.41. The molecule has 5 heteroatoms. The van der Waals surface area contributed by atoms with Crippen LogP contribution in [0, 0.1) is 0 Å². The lowest BCUT2D eigenvalue weighted by Crippen LogP contribution is -1.79. The molecule has 3 aromatic heterocycles. The number of H-pyrrole nitrogens is 1. The molecule has 0 fully saturated rings. The van der Waals surface area contributed by atoms with E-state index in [0.717, 1.165) is 22.5 Å². The maximum atomic E-state index is 9.39. The van der Waals surface area contributed by atoms with Gasteiger partial charge < -0.3 is 5.11 Å². The van der Waals surface area contributed by atoms with Crippen LogP contribution in [0.3, 0.4) is 0 Å². The summed E-state index contributed by atoms with van der Waals surface area (Å²) in [6.45, 7) is 0. The molecule has 0 aliphatic rings. The largest absolute Gasteiger partial charge is 0.506 e. The molecular formula is C13H10N4O. The molecule has 0 radical (unpaired) electrons. The van der Waals surface area contributed by atoms with Crippen LogP contribution in [0.4, 0.5) is 0 Å². The van der Waals surface area contributed by atoms with Crippen LogP contribution in [0.25, 0.3) is 22.5 Å². The molecule has 3 aromatic rings. The number of aromatic nitrogens is 4. The summed E-state index contributed by atoms with van der Waals surface area (Å²) in [6.07, 6.45) is 6.53. The summed E-state index contributed by atoms with van der Waals surface area (Å²) in [7, 11) is 0. The normalized spacial score (nSPS) is 10.4. The molecule has 0 bridgehead atoms. The highest BCUT2D eigenvalue weighted by Crippen LogP contribution is 2.24. The van der Waals surface area contributed by atoms with Gasteiger partial charge in [0.2, 0.25) is 0 Å². The van der Waals surface area contributed by atoms with Gasteiger partial charge in [0.1, 0.15) is 5.75 Å². The minimum atomic E-state index is 0.124. The lowest BCUT2D eigenvalue weighted by atomic mass is 10.1. The van der Waals surface area contributed by atoms with Crippen molar-refractivity contribution in [2.75, 3.05) is 0 Å². The molecule has 2 N–H and O–H groups in total. The second-order valence-corrected chi connectivity index (χ2v) is 3.84. The van der Waals surface area contributed by atoms with Crippen molar-refractivity contribution in [2.24, 2.45) is 0 Å². The van der Waals surface area contributed by atoms with Crippen LogP contribution in [-0.4, -0.2) is 25.3 Å². The molecule has 3 rings (SSSR count). The summed E-state index contributed by atoms with van der Waals surface area (Å²) in [5.74, 6) is 0.124. The molecule has 0 aliphatic heterocycles. The minimum absolute atomic E-state index is 0.124. The Bertz CT molecular complexity index is 664. The molecule has 0 unspecified atom stereocenters. The molecule has 0 aromatic carbocycles. The second-order valence-electron chi connectivity index (χ2n) is 3.84. The quantitative estimate of drug-likeness (QED) is 0.718. The van der Waals surface area contributed by atoms with E-state index < -0.39 is 0 Å². The molecule has 3 heterocycles. The van der Waals surface area contributed by atoms with Crippen LogP contribution in [0.1, 0.15) is 0 Å². The first kappa shape index (κ1) is 10.5. The van der Waals surface area contributed by atoms with Crippen LogP contribution >= 0.6 is 0 Å². The van der Waals surface area contributed by atoms with Gasteiger partial charge in [0.15, 0.2) is 0 Å². The first-order valence-corrected chi connectivity index (χ1v) is 5.43. The maximum absolute atomic E-state index is 9.39. The molecule has 0 atom stereocenters. The fourth-order valence-corrected chi connectivity index (χ4v) is 1.71. The summed E-state index contributed by atoms with van der Waals surface area (Å²) in [5.41, 5.74) is 3.34. The van der Waals surface area contributed by atoms with E-state index in [-0.39, 0.29) is 5.75 Å². The zero-order valence-corrected chi connectivity index (χ0v) is 9.41. The zero-order chi connectivity index (χ0) is 12.4. The number of aromatic hydroxyl groups is 1. The third-order valence-corrected chi connectivity index (χ3v) is 2.57.